The normalized spacial score (nSPS) is 24.7. The Labute approximate surface area is 124 Å². The fourth-order valence-electron chi connectivity index (χ4n) is 3.53. The molecule has 1 aromatic rings. The topological polar surface area (TPSA) is 57.6 Å². The fourth-order valence-corrected chi connectivity index (χ4v) is 3.53. The van der Waals surface area contributed by atoms with Crippen LogP contribution in [-0.2, 0) is 17.6 Å². The first-order valence-corrected chi connectivity index (χ1v) is 7.69. The zero-order chi connectivity index (χ0) is 15.0. The molecule has 3 rings (SSSR count). The van der Waals surface area contributed by atoms with Gasteiger partial charge < -0.3 is 10.0 Å². The standard InChI is InChI=1S/C17H21NO3/c1-17(16(20)21)9-4-10-18(17)15(19)14-8-7-12-5-2-3-6-13(12)11-14/h7-8,11H,2-6,9-10H2,1H3,(H,20,21). The molecule has 1 atom stereocenters. The summed E-state index contributed by atoms with van der Waals surface area (Å²) in [7, 11) is 0. The number of rotatable bonds is 2. The van der Waals surface area contributed by atoms with Crippen LogP contribution in [0.5, 0.6) is 0 Å². The number of fused-ring (bicyclic) bond motifs is 1. The van der Waals surface area contributed by atoms with Gasteiger partial charge in [0.15, 0.2) is 0 Å². The molecule has 0 spiro atoms. The van der Waals surface area contributed by atoms with Crippen molar-refractivity contribution in [1.82, 2.24) is 4.90 Å². The van der Waals surface area contributed by atoms with Gasteiger partial charge in [0.25, 0.3) is 5.91 Å². The first-order valence-electron chi connectivity index (χ1n) is 7.69. The lowest BCUT2D eigenvalue weighted by Gasteiger charge is -2.31. The average molecular weight is 287 g/mol. The zero-order valence-corrected chi connectivity index (χ0v) is 12.4. The maximum absolute atomic E-state index is 12.7. The predicted octanol–water partition coefficient (Wildman–Crippen LogP) is 2.64. The van der Waals surface area contributed by atoms with Gasteiger partial charge in [-0.25, -0.2) is 4.79 Å². The number of nitrogens with zero attached hydrogens (tertiary/aromatic N) is 1. The minimum absolute atomic E-state index is 0.147. The number of carbonyl (C=O) groups excluding carboxylic acids is 1. The smallest absolute Gasteiger partial charge is 0.329 e. The maximum atomic E-state index is 12.7. The molecule has 1 aliphatic heterocycles. The van der Waals surface area contributed by atoms with E-state index >= 15 is 0 Å². The number of likely N-dealkylation sites (tertiary alicyclic amines) is 1. The van der Waals surface area contributed by atoms with E-state index in [4.69, 9.17) is 0 Å². The molecule has 1 saturated heterocycles. The van der Waals surface area contributed by atoms with E-state index in [-0.39, 0.29) is 5.91 Å². The summed E-state index contributed by atoms with van der Waals surface area (Å²) >= 11 is 0. The van der Waals surface area contributed by atoms with Crippen molar-refractivity contribution in [3.05, 3.63) is 34.9 Å². The second-order valence-electron chi connectivity index (χ2n) is 6.33. The van der Waals surface area contributed by atoms with Crippen LogP contribution >= 0.6 is 0 Å². The Balaban J connectivity index is 1.90. The van der Waals surface area contributed by atoms with Gasteiger partial charge in [-0.3, -0.25) is 4.79 Å². The summed E-state index contributed by atoms with van der Waals surface area (Å²) in [6, 6.07) is 5.86. The molecule has 1 N–H and O–H groups in total. The van der Waals surface area contributed by atoms with Crippen LogP contribution < -0.4 is 0 Å². The van der Waals surface area contributed by atoms with Gasteiger partial charge in [0, 0.05) is 12.1 Å². The van der Waals surface area contributed by atoms with Gasteiger partial charge in [0.2, 0.25) is 0 Å². The molecule has 0 aromatic heterocycles. The molecule has 4 heteroatoms. The third-order valence-electron chi connectivity index (χ3n) is 4.94. The quantitative estimate of drug-likeness (QED) is 0.909. The summed E-state index contributed by atoms with van der Waals surface area (Å²) in [4.78, 5) is 25.8. The van der Waals surface area contributed by atoms with Gasteiger partial charge in [0.05, 0.1) is 0 Å². The monoisotopic (exact) mass is 287 g/mol. The second kappa shape index (κ2) is 5.17. The molecule has 0 bridgehead atoms. The van der Waals surface area contributed by atoms with Crippen LogP contribution in [0.2, 0.25) is 0 Å². The fraction of sp³-hybridized carbons (Fsp3) is 0.529. The van der Waals surface area contributed by atoms with Crippen molar-refractivity contribution in [2.24, 2.45) is 0 Å². The highest BCUT2D eigenvalue weighted by Crippen LogP contribution is 2.31. The lowest BCUT2D eigenvalue weighted by Crippen LogP contribution is -2.50. The minimum atomic E-state index is -1.06. The van der Waals surface area contributed by atoms with Crippen LogP contribution in [-0.4, -0.2) is 34.0 Å². The van der Waals surface area contributed by atoms with Gasteiger partial charge in [0.1, 0.15) is 5.54 Å². The number of amides is 1. The van der Waals surface area contributed by atoms with Crippen molar-refractivity contribution in [2.75, 3.05) is 6.54 Å². The summed E-state index contributed by atoms with van der Waals surface area (Å²) in [5.74, 6) is -1.06. The van der Waals surface area contributed by atoms with Crippen molar-refractivity contribution in [1.29, 1.82) is 0 Å². The summed E-state index contributed by atoms with van der Waals surface area (Å²) in [6.45, 7) is 2.18. The highest BCUT2D eigenvalue weighted by Gasteiger charge is 2.46. The Morgan fingerprint density at radius 2 is 1.86 bits per heavy atom. The largest absolute Gasteiger partial charge is 0.480 e. The summed E-state index contributed by atoms with van der Waals surface area (Å²) < 4.78 is 0. The Morgan fingerprint density at radius 3 is 2.57 bits per heavy atom. The Bertz CT molecular complexity index is 596. The Kier molecular flexibility index (Phi) is 3.47. The molecule has 1 fully saturated rings. The molecular formula is C17H21NO3. The molecule has 0 radical (unpaired) electrons. The van der Waals surface area contributed by atoms with Crippen LogP contribution in [0.15, 0.2) is 18.2 Å². The van der Waals surface area contributed by atoms with E-state index in [2.05, 4.69) is 0 Å². The molecule has 1 unspecified atom stereocenters. The van der Waals surface area contributed by atoms with E-state index in [0.717, 1.165) is 19.3 Å². The average Bonchev–Trinajstić information content (AvgIpc) is 2.89. The summed E-state index contributed by atoms with van der Waals surface area (Å²) in [5.41, 5.74) is 2.15. The van der Waals surface area contributed by atoms with E-state index in [1.807, 2.05) is 18.2 Å². The van der Waals surface area contributed by atoms with Crippen LogP contribution in [0.1, 0.15) is 54.1 Å². The number of aryl methyl sites for hydroxylation is 2. The van der Waals surface area contributed by atoms with Crippen molar-refractivity contribution in [3.63, 3.8) is 0 Å². The third-order valence-corrected chi connectivity index (χ3v) is 4.94. The number of hydrogen-bond donors (Lipinski definition) is 1. The molecular weight excluding hydrogens is 266 g/mol. The third kappa shape index (κ3) is 2.33. The van der Waals surface area contributed by atoms with Crippen LogP contribution in [0.25, 0.3) is 0 Å². The first kappa shape index (κ1) is 14.1. The van der Waals surface area contributed by atoms with Crippen molar-refractivity contribution < 1.29 is 14.7 Å². The number of carboxylic acid groups (broad SMARTS) is 1. The molecule has 0 saturated carbocycles. The van der Waals surface area contributed by atoms with Gasteiger partial charge in [-0.1, -0.05) is 6.07 Å². The maximum Gasteiger partial charge on any atom is 0.329 e. The zero-order valence-electron chi connectivity index (χ0n) is 12.4. The van der Waals surface area contributed by atoms with E-state index in [1.165, 1.54) is 28.9 Å². The van der Waals surface area contributed by atoms with Crippen LogP contribution in [0, 0.1) is 0 Å². The van der Waals surface area contributed by atoms with Crippen molar-refractivity contribution in [3.8, 4) is 0 Å². The van der Waals surface area contributed by atoms with Gasteiger partial charge >= 0.3 is 5.97 Å². The second-order valence-corrected chi connectivity index (χ2v) is 6.33. The first-order chi connectivity index (χ1) is 10.0. The number of benzene rings is 1. The lowest BCUT2D eigenvalue weighted by molar-refractivity contribution is -0.147. The predicted molar refractivity (Wildman–Crippen MR) is 79.4 cm³/mol. The number of hydrogen-bond acceptors (Lipinski definition) is 2. The van der Waals surface area contributed by atoms with Gasteiger partial charge in [-0.2, -0.15) is 0 Å². The highest BCUT2D eigenvalue weighted by molar-refractivity contribution is 5.98. The van der Waals surface area contributed by atoms with E-state index in [9.17, 15) is 14.7 Å². The molecule has 4 nitrogen and oxygen atoms in total. The SMILES string of the molecule is CC1(C(=O)O)CCCN1C(=O)c1ccc2c(c1)CCCC2. The van der Waals surface area contributed by atoms with Gasteiger partial charge in [-0.15, -0.1) is 0 Å². The Hall–Kier alpha value is -1.84. The summed E-state index contributed by atoms with van der Waals surface area (Å²) in [5, 5.41) is 9.44. The molecule has 1 heterocycles. The molecule has 1 aliphatic carbocycles. The van der Waals surface area contributed by atoms with Crippen LogP contribution in [0.4, 0.5) is 0 Å². The van der Waals surface area contributed by atoms with Gasteiger partial charge in [-0.05, 0) is 68.7 Å². The van der Waals surface area contributed by atoms with E-state index in [1.54, 1.807) is 6.92 Å². The highest BCUT2D eigenvalue weighted by atomic mass is 16.4. The molecule has 21 heavy (non-hydrogen) atoms. The lowest BCUT2D eigenvalue weighted by atomic mass is 9.90. The van der Waals surface area contributed by atoms with Crippen molar-refractivity contribution in [2.45, 2.75) is 51.0 Å². The number of carboxylic acids is 1. The van der Waals surface area contributed by atoms with Crippen molar-refractivity contribution >= 4 is 11.9 Å². The minimum Gasteiger partial charge on any atom is -0.480 e. The summed E-state index contributed by atoms with van der Waals surface area (Å²) in [6.07, 6.45) is 5.76. The molecule has 1 aromatic carbocycles. The Morgan fingerprint density at radius 1 is 1.14 bits per heavy atom. The van der Waals surface area contributed by atoms with E-state index < -0.39 is 11.5 Å². The van der Waals surface area contributed by atoms with E-state index in [0.29, 0.717) is 18.5 Å². The molecule has 2 aliphatic rings. The molecule has 1 amide bonds. The van der Waals surface area contributed by atoms with Crippen LogP contribution in [0.3, 0.4) is 0 Å². The molecule has 112 valence electrons. The number of carbonyl (C=O) groups is 2. The number of aliphatic carboxylic acids is 1.